The molecule has 0 heterocycles. The summed E-state index contributed by atoms with van der Waals surface area (Å²) in [6.45, 7) is 4.99. The lowest BCUT2D eigenvalue weighted by atomic mass is 10.1. The van der Waals surface area contributed by atoms with Gasteiger partial charge in [-0.15, -0.1) is 0 Å². The smallest absolute Gasteiger partial charge is 0.224 e. The quantitative estimate of drug-likeness (QED) is 0.727. The number of nitrogens with one attached hydrogen (secondary N) is 2. The van der Waals surface area contributed by atoms with Gasteiger partial charge in [-0.1, -0.05) is 13.8 Å². The van der Waals surface area contributed by atoms with Crippen LogP contribution in [0.2, 0.25) is 0 Å². The molecule has 2 fully saturated rings. The van der Waals surface area contributed by atoms with E-state index in [1.54, 1.807) is 0 Å². The molecule has 2 unspecified atom stereocenters. The average Bonchev–Trinajstić information content (AvgIpc) is 3.11. The van der Waals surface area contributed by atoms with Crippen molar-refractivity contribution in [3.8, 4) is 0 Å². The number of carbonyl (C=O) groups is 2. The highest BCUT2D eigenvalue weighted by molar-refractivity contribution is 5.92. The Bertz CT molecular complexity index is 311. The molecule has 0 aromatic carbocycles. The standard InChI is InChI=1S/C13H22N2O2/c1-8(2)5-6-14-12(16)10-7-11(10)13(17)15-9-3-4-9/h8-11H,3-7H2,1-2H3,(H,14,16)(H,15,17). The topological polar surface area (TPSA) is 58.2 Å². The van der Waals surface area contributed by atoms with Crippen LogP contribution >= 0.6 is 0 Å². The third kappa shape index (κ3) is 3.72. The fourth-order valence-corrected chi connectivity index (χ4v) is 1.93. The Morgan fingerprint density at radius 2 is 1.82 bits per heavy atom. The summed E-state index contributed by atoms with van der Waals surface area (Å²) in [5.41, 5.74) is 0. The molecule has 2 rings (SSSR count). The minimum Gasteiger partial charge on any atom is -0.356 e. The van der Waals surface area contributed by atoms with Gasteiger partial charge in [0.15, 0.2) is 0 Å². The van der Waals surface area contributed by atoms with E-state index in [4.69, 9.17) is 0 Å². The van der Waals surface area contributed by atoms with E-state index in [9.17, 15) is 9.59 Å². The average molecular weight is 238 g/mol. The zero-order chi connectivity index (χ0) is 12.4. The minimum absolute atomic E-state index is 0.0570. The number of hydrogen-bond donors (Lipinski definition) is 2. The summed E-state index contributed by atoms with van der Waals surface area (Å²) >= 11 is 0. The lowest BCUT2D eigenvalue weighted by Gasteiger charge is -2.07. The molecule has 0 aromatic heterocycles. The maximum atomic E-state index is 11.7. The van der Waals surface area contributed by atoms with E-state index in [-0.39, 0.29) is 23.7 Å². The van der Waals surface area contributed by atoms with Crippen molar-refractivity contribution in [2.45, 2.75) is 45.6 Å². The normalized spacial score (nSPS) is 26.8. The number of amides is 2. The third-order valence-corrected chi connectivity index (χ3v) is 3.41. The maximum Gasteiger partial charge on any atom is 0.224 e. The van der Waals surface area contributed by atoms with Crippen LogP contribution in [0.3, 0.4) is 0 Å². The highest BCUT2D eigenvalue weighted by Gasteiger charge is 2.48. The Labute approximate surface area is 103 Å². The summed E-state index contributed by atoms with van der Waals surface area (Å²) in [6, 6.07) is 0.396. The molecule has 4 nitrogen and oxygen atoms in total. The monoisotopic (exact) mass is 238 g/mol. The molecule has 0 aliphatic heterocycles. The van der Waals surface area contributed by atoms with Crippen molar-refractivity contribution in [1.29, 1.82) is 0 Å². The van der Waals surface area contributed by atoms with E-state index in [0.29, 0.717) is 12.0 Å². The van der Waals surface area contributed by atoms with E-state index in [2.05, 4.69) is 24.5 Å². The van der Waals surface area contributed by atoms with E-state index < -0.39 is 0 Å². The predicted molar refractivity (Wildman–Crippen MR) is 65.2 cm³/mol. The zero-order valence-corrected chi connectivity index (χ0v) is 10.7. The Morgan fingerprint density at radius 1 is 1.18 bits per heavy atom. The van der Waals surface area contributed by atoms with Crippen molar-refractivity contribution in [2.24, 2.45) is 17.8 Å². The molecule has 2 N–H and O–H groups in total. The molecule has 17 heavy (non-hydrogen) atoms. The zero-order valence-electron chi connectivity index (χ0n) is 10.7. The molecule has 0 bridgehead atoms. The van der Waals surface area contributed by atoms with Crippen molar-refractivity contribution >= 4 is 11.8 Å². The molecule has 0 radical (unpaired) electrons. The Hall–Kier alpha value is -1.06. The van der Waals surface area contributed by atoms with Crippen LogP contribution < -0.4 is 10.6 Å². The van der Waals surface area contributed by atoms with Crippen LogP contribution in [-0.4, -0.2) is 24.4 Å². The largest absolute Gasteiger partial charge is 0.356 e. The van der Waals surface area contributed by atoms with Crippen molar-refractivity contribution in [3.63, 3.8) is 0 Å². The second kappa shape index (κ2) is 5.07. The summed E-state index contributed by atoms with van der Waals surface area (Å²) < 4.78 is 0. The summed E-state index contributed by atoms with van der Waals surface area (Å²) in [5, 5.41) is 5.87. The first-order valence-electron chi connectivity index (χ1n) is 6.66. The first kappa shape index (κ1) is 12.4. The first-order chi connectivity index (χ1) is 8.08. The molecule has 2 saturated carbocycles. The van der Waals surface area contributed by atoms with Gasteiger partial charge in [-0.2, -0.15) is 0 Å². The van der Waals surface area contributed by atoms with E-state index in [1.165, 1.54) is 0 Å². The van der Waals surface area contributed by atoms with Gasteiger partial charge in [-0.25, -0.2) is 0 Å². The third-order valence-electron chi connectivity index (χ3n) is 3.41. The molecular formula is C13H22N2O2. The molecule has 0 spiro atoms. The molecule has 2 amide bonds. The van der Waals surface area contributed by atoms with Crippen LogP contribution in [0.1, 0.15) is 39.5 Å². The van der Waals surface area contributed by atoms with Crippen molar-refractivity contribution in [1.82, 2.24) is 10.6 Å². The fraction of sp³-hybridized carbons (Fsp3) is 0.846. The first-order valence-corrected chi connectivity index (χ1v) is 6.66. The molecule has 2 aliphatic rings. The molecule has 0 saturated heterocycles. The molecular weight excluding hydrogens is 216 g/mol. The van der Waals surface area contributed by atoms with Crippen LogP contribution in [0.5, 0.6) is 0 Å². The number of hydrogen-bond acceptors (Lipinski definition) is 2. The summed E-state index contributed by atoms with van der Waals surface area (Å²) in [4.78, 5) is 23.4. The predicted octanol–water partition coefficient (Wildman–Crippen LogP) is 1.06. The maximum absolute atomic E-state index is 11.7. The molecule has 4 heteroatoms. The number of rotatable bonds is 6. The van der Waals surface area contributed by atoms with Gasteiger partial charge in [0.2, 0.25) is 11.8 Å². The van der Waals surface area contributed by atoms with Gasteiger partial charge in [-0.05, 0) is 31.6 Å². The second-order valence-corrected chi connectivity index (χ2v) is 5.71. The van der Waals surface area contributed by atoms with E-state index in [1.807, 2.05) is 0 Å². The van der Waals surface area contributed by atoms with Crippen molar-refractivity contribution in [2.75, 3.05) is 6.54 Å². The fourth-order valence-electron chi connectivity index (χ4n) is 1.93. The lowest BCUT2D eigenvalue weighted by Crippen LogP contribution is -2.31. The van der Waals surface area contributed by atoms with Crippen LogP contribution in [0.4, 0.5) is 0 Å². The van der Waals surface area contributed by atoms with Crippen LogP contribution in [0, 0.1) is 17.8 Å². The lowest BCUT2D eigenvalue weighted by molar-refractivity contribution is -0.127. The van der Waals surface area contributed by atoms with Crippen molar-refractivity contribution < 1.29 is 9.59 Å². The Kier molecular flexibility index (Phi) is 3.69. The van der Waals surface area contributed by atoms with Gasteiger partial charge in [0.25, 0.3) is 0 Å². The Morgan fingerprint density at radius 3 is 2.41 bits per heavy atom. The molecule has 0 aromatic rings. The van der Waals surface area contributed by atoms with Gasteiger partial charge in [0, 0.05) is 12.6 Å². The van der Waals surface area contributed by atoms with Crippen LogP contribution in [-0.2, 0) is 9.59 Å². The molecule has 96 valence electrons. The van der Waals surface area contributed by atoms with Crippen molar-refractivity contribution in [3.05, 3.63) is 0 Å². The minimum atomic E-state index is -0.0686. The molecule has 2 aliphatic carbocycles. The Balaban J connectivity index is 1.63. The summed E-state index contributed by atoms with van der Waals surface area (Å²) in [7, 11) is 0. The summed E-state index contributed by atoms with van der Waals surface area (Å²) in [5.74, 6) is 0.608. The highest BCUT2D eigenvalue weighted by Crippen LogP contribution is 2.39. The highest BCUT2D eigenvalue weighted by atomic mass is 16.2. The van der Waals surface area contributed by atoms with E-state index in [0.717, 1.165) is 32.2 Å². The van der Waals surface area contributed by atoms with Crippen LogP contribution in [0.15, 0.2) is 0 Å². The van der Waals surface area contributed by atoms with E-state index >= 15 is 0 Å². The van der Waals surface area contributed by atoms with Gasteiger partial charge in [-0.3, -0.25) is 9.59 Å². The van der Waals surface area contributed by atoms with Gasteiger partial charge >= 0.3 is 0 Å². The van der Waals surface area contributed by atoms with Gasteiger partial charge < -0.3 is 10.6 Å². The second-order valence-electron chi connectivity index (χ2n) is 5.71. The number of carbonyl (C=O) groups excluding carboxylic acids is 2. The van der Waals surface area contributed by atoms with Gasteiger partial charge in [0.05, 0.1) is 11.8 Å². The SMILES string of the molecule is CC(C)CCNC(=O)C1CC1C(=O)NC1CC1. The van der Waals surface area contributed by atoms with Crippen LogP contribution in [0.25, 0.3) is 0 Å². The van der Waals surface area contributed by atoms with Gasteiger partial charge in [0.1, 0.15) is 0 Å². The molecule has 2 atom stereocenters. The summed E-state index contributed by atoms with van der Waals surface area (Å²) in [6.07, 6.45) is 3.93.